The lowest BCUT2D eigenvalue weighted by atomic mass is 10.1. The van der Waals surface area contributed by atoms with Crippen LogP contribution in [0, 0.1) is 20.8 Å². The second-order valence-electron chi connectivity index (χ2n) is 5.40. The van der Waals surface area contributed by atoms with E-state index in [1.807, 2.05) is 32.9 Å². The number of carbonyl (C=O) groups excluding carboxylic acids is 2. The van der Waals surface area contributed by atoms with Crippen LogP contribution in [0.4, 0.5) is 5.69 Å². The maximum atomic E-state index is 11.9. The number of carbonyl (C=O) groups is 2. The summed E-state index contributed by atoms with van der Waals surface area (Å²) in [4.78, 5) is 23.6. The number of benzene rings is 1. The largest absolute Gasteiger partial charge is 0.380 e. The van der Waals surface area contributed by atoms with Gasteiger partial charge in [0.2, 0.25) is 11.8 Å². The average Bonchev–Trinajstić information content (AvgIpc) is 2.46. The molecule has 4 N–H and O–H groups in total. The molecule has 2 amide bonds. The first kappa shape index (κ1) is 18.1. The first-order valence-electron chi connectivity index (χ1n) is 7.24. The number of ether oxygens (including phenoxy) is 1. The quantitative estimate of drug-likeness (QED) is 0.701. The van der Waals surface area contributed by atoms with Crippen LogP contribution in [-0.2, 0) is 14.3 Å². The smallest absolute Gasteiger partial charge is 0.243 e. The Hall–Kier alpha value is -1.92. The number of anilines is 1. The second kappa shape index (κ2) is 8.51. The Balaban J connectivity index is 2.52. The molecule has 0 saturated carbocycles. The first-order chi connectivity index (χ1) is 10.4. The van der Waals surface area contributed by atoms with E-state index < -0.39 is 0 Å². The number of rotatable bonds is 7. The van der Waals surface area contributed by atoms with Gasteiger partial charge in [-0.15, -0.1) is 0 Å². The van der Waals surface area contributed by atoms with E-state index in [2.05, 4.69) is 10.6 Å². The molecule has 1 aromatic rings. The van der Waals surface area contributed by atoms with Crippen molar-refractivity contribution in [3.8, 4) is 0 Å². The van der Waals surface area contributed by atoms with Crippen molar-refractivity contribution >= 4 is 17.5 Å². The van der Waals surface area contributed by atoms with Crippen molar-refractivity contribution in [3.63, 3.8) is 0 Å². The van der Waals surface area contributed by atoms with Crippen LogP contribution in [0.1, 0.15) is 23.1 Å². The van der Waals surface area contributed by atoms with E-state index in [4.69, 9.17) is 10.5 Å². The molecule has 22 heavy (non-hydrogen) atoms. The van der Waals surface area contributed by atoms with Crippen molar-refractivity contribution in [1.82, 2.24) is 5.32 Å². The highest BCUT2D eigenvalue weighted by Crippen LogP contribution is 2.21. The topological polar surface area (TPSA) is 93.4 Å². The fourth-order valence-electron chi connectivity index (χ4n) is 2.28. The van der Waals surface area contributed by atoms with Gasteiger partial charge in [0.05, 0.1) is 19.1 Å². The van der Waals surface area contributed by atoms with E-state index in [1.54, 1.807) is 0 Å². The second-order valence-corrected chi connectivity index (χ2v) is 5.40. The molecule has 122 valence electrons. The third-order valence-corrected chi connectivity index (χ3v) is 3.40. The summed E-state index contributed by atoms with van der Waals surface area (Å²) >= 11 is 0. The lowest BCUT2D eigenvalue weighted by Crippen LogP contribution is -2.36. The summed E-state index contributed by atoms with van der Waals surface area (Å²) in [6.45, 7) is 6.08. The van der Waals surface area contributed by atoms with Crippen molar-refractivity contribution in [1.29, 1.82) is 0 Å². The van der Waals surface area contributed by atoms with Crippen LogP contribution >= 0.6 is 0 Å². The molecule has 0 spiro atoms. The highest BCUT2D eigenvalue weighted by atomic mass is 16.5. The Morgan fingerprint density at radius 2 is 1.77 bits per heavy atom. The van der Waals surface area contributed by atoms with Crippen molar-refractivity contribution in [2.75, 3.05) is 25.5 Å². The van der Waals surface area contributed by atoms with E-state index >= 15 is 0 Å². The van der Waals surface area contributed by atoms with Gasteiger partial charge in [-0.2, -0.15) is 0 Å². The highest BCUT2D eigenvalue weighted by molar-refractivity contribution is 5.95. The van der Waals surface area contributed by atoms with Crippen LogP contribution in [-0.4, -0.2) is 38.1 Å². The molecule has 1 aromatic carbocycles. The summed E-state index contributed by atoms with van der Waals surface area (Å²) in [5, 5.41) is 5.40. The normalized spacial score (nSPS) is 11.9. The van der Waals surface area contributed by atoms with Crippen LogP contribution in [0.5, 0.6) is 0 Å². The standard InChI is InChI=1S/C16H25N3O3/c1-10-5-11(2)16(12(3)6-10)19-15(21)9-18-14(20)7-13(8-17)22-4/h5-6,13H,7-9,17H2,1-4H3,(H,18,20)(H,19,21). The van der Waals surface area contributed by atoms with E-state index in [9.17, 15) is 9.59 Å². The molecule has 1 atom stereocenters. The number of nitrogens with one attached hydrogen (secondary N) is 2. The molecule has 0 bridgehead atoms. The number of hydrogen-bond acceptors (Lipinski definition) is 4. The van der Waals surface area contributed by atoms with Crippen LogP contribution in [0.15, 0.2) is 12.1 Å². The fraction of sp³-hybridized carbons (Fsp3) is 0.500. The third kappa shape index (κ3) is 5.46. The van der Waals surface area contributed by atoms with Crippen LogP contribution in [0.2, 0.25) is 0 Å². The molecular weight excluding hydrogens is 282 g/mol. The van der Waals surface area contributed by atoms with Crippen molar-refractivity contribution in [2.24, 2.45) is 5.73 Å². The van der Waals surface area contributed by atoms with Gasteiger partial charge in [0, 0.05) is 19.3 Å². The molecule has 1 rings (SSSR count). The zero-order chi connectivity index (χ0) is 16.7. The molecule has 0 aromatic heterocycles. The summed E-state index contributed by atoms with van der Waals surface area (Å²) in [6.07, 6.45) is -0.187. The Labute approximate surface area is 131 Å². The van der Waals surface area contributed by atoms with Gasteiger partial charge in [0.25, 0.3) is 0 Å². The highest BCUT2D eigenvalue weighted by Gasteiger charge is 2.13. The number of amides is 2. The zero-order valence-electron chi connectivity index (χ0n) is 13.7. The third-order valence-electron chi connectivity index (χ3n) is 3.40. The van der Waals surface area contributed by atoms with Gasteiger partial charge < -0.3 is 21.1 Å². The van der Waals surface area contributed by atoms with Gasteiger partial charge in [-0.1, -0.05) is 17.7 Å². The zero-order valence-corrected chi connectivity index (χ0v) is 13.7. The number of hydrogen-bond donors (Lipinski definition) is 3. The van der Waals surface area contributed by atoms with Gasteiger partial charge in [0.15, 0.2) is 0 Å². The van der Waals surface area contributed by atoms with Crippen molar-refractivity contribution < 1.29 is 14.3 Å². The lowest BCUT2D eigenvalue weighted by molar-refractivity contribution is -0.125. The summed E-state index contributed by atoms with van der Waals surface area (Å²) in [6, 6.07) is 4.01. The molecule has 0 heterocycles. The van der Waals surface area contributed by atoms with Crippen molar-refractivity contribution in [2.45, 2.75) is 33.3 Å². The molecule has 0 aliphatic carbocycles. The number of aryl methyl sites for hydroxylation is 3. The van der Waals surface area contributed by atoms with Gasteiger partial charge in [-0.25, -0.2) is 0 Å². The van der Waals surface area contributed by atoms with E-state index in [1.165, 1.54) is 7.11 Å². The minimum atomic E-state index is -0.329. The molecule has 0 fully saturated rings. The SMILES string of the molecule is COC(CN)CC(=O)NCC(=O)Nc1c(C)cc(C)cc1C. The molecule has 6 nitrogen and oxygen atoms in total. The molecular formula is C16H25N3O3. The summed E-state index contributed by atoms with van der Waals surface area (Å²) in [5.41, 5.74) is 9.39. The minimum Gasteiger partial charge on any atom is -0.380 e. The maximum Gasteiger partial charge on any atom is 0.243 e. The Morgan fingerprint density at radius 1 is 1.18 bits per heavy atom. The molecule has 0 saturated heterocycles. The van der Waals surface area contributed by atoms with Crippen LogP contribution in [0.25, 0.3) is 0 Å². The van der Waals surface area contributed by atoms with Gasteiger partial charge in [0.1, 0.15) is 0 Å². The summed E-state index contributed by atoms with van der Waals surface area (Å²) in [7, 11) is 1.50. The predicted molar refractivity (Wildman–Crippen MR) is 86.8 cm³/mol. The van der Waals surface area contributed by atoms with Gasteiger partial charge in [-0.3, -0.25) is 9.59 Å². The number of methoxy groups -OCH3 is 1. The summed E-state index contributed by atoms with van der Waals surface area (Å²) in [5.74, 6) is -0.519. The van der Waals surface area contributed by atoms with Gasteiger partial charge >= 0.3 is 0 Å². The molecule has 1 unspecified atom stereocenters. The summed E-state index contributed by atoms with van der Waals surface area (Å²) < 4.78 is 5.03. The van der Waals surface area contributed by atoms with Gasteiger partial charge in [-0.05, 0) is 31.9 Å². The Kier molecular flexibility index (Phi) is 7.01. The molecule has 6 heteroatoms. The maximum absolute atomic E-state index is 11.9. The molecule has 0 aliphatic heterocycles. The minimum absolute atomic E-state index is 0.0768. The first-order valence-corrected chi connectivity index (χ1v) is 7.24. The fourth-order valence-corrected chi connectivity index (χ4v) is 2.28. The lowest BCUT2D eigenvalue weighted by Gasteiger charge is -2.14. The number of nitrogens with two attached hydrogens (primary N) is 1. The van der Waals surface area contributed by atoms with Crippen LogP contribution in [0.3, 0.4) is 0 Å². The van der Waals surface area contributed by atoms with E-state index in [0.717, 1.165) is 22.4 Å². The molecule has 0 radical (unpaired) electrons. The van der Waals surface area contributed by atoms with Crippen LogP contribution < -0.4 is 16.4 Å². The molecule has 0 aliphatic rings. The van der Waals surface area contributed by atoms with E-state index in [-0.39, 0.29) is 37.4 Å². The predicted octanol–water partition coefficient (Wildman–Crippen LogP) is 1.03. The Bertz CT molecular complexity index is 516. The Morgan fingerprint density at radius 3 is 2.27 bits per heavy atom. The van der Waals surface area contributed by atoms with E-state index in [0.29, 0.717) is 0 Å². The van der Waals surface area contributed by atoms with Crippen molar-refractivity contribution in [3.05, 3.63) is 28.8 Å². The monoisotopic (exact) mass is 307 g/mol. The average molecular weight is 307 g/mol.